The van der Waals surface area contributed by atoms with Gasteiger partial charge in [-0.05, 0) is 59.7 Å². The molecule has 4 rings (SSSR count). The minimum atomic E-state index is -1.15. The van der Waals surface area contributed by atoms with E-state index < -0.39 is 24.0 Å². The highest BCUT2D eigenvalue weighted by Gasteiger charge is 2.29. The molecule has 2 amide bonds. The number of carboxylic acid groups (broad SMARTS) is 1. The van der Waals surface area contributed by atoms with Gasteiger partial charge in [-0.2, -0.15) is 0 Å². The Morgan fingerprint density at radius 1 is 0.977 bits per heavy atom. The average Bonchev–Trinajstić information content (AvgIpc) is 3.25. The third kappa shape index (κ3) is 7.11. The number of anilines is 1. The van der Waals surface area contributed by atoms with Crippen LogP contribution in [0, 0.1) is 0 Å². The van der Waals surface area contributed by atoms with Crippen molar-refractivity contribution in [3.63, 3.8) is 0 Å². The van der Waals surface area contributed by atoms with Crippen molar-refractivity contribution in [2.45, 2.75) is 44.7 Å². The van der Waals surface area contributed by atoms with E-state index in [1.165, 1.54) is 27.2 Å². The molecule has 1 aliphatic rings. The second-order valence-corrected chi connectivity index (χ2v) is 10.4. The molecule has 44 heavy (non-hydrogen) atoms. The Balaban J connectivity index is 1.59. The number of rotatable bonds is 12. The number of methoxy groups -OCH3 is 3. The summed E-state index contributed by atoms with van der Waals surface area (Å²) in [7, 11) is 4.61. The monoisotopic (exact) mass is 603 g/mol. The largest absolute Gasteiger partial charge is 0.493 e. The van der Waals surface area contributed by atoms with Crippen molar-refractivity contribution in [3.8, 4) is 28.4 Å². The Morgan fingerprint density at radius 3 is 2.34 bits per heavy atom. The molecule has 0 aliphatic heterocycles. The zero-order chi connectivity index (χ0) is 31.8. The number of hydrogen-bond donors (Lipinski definition) is 4. The van der Waals surface area contributed by atoms with Crippen molar-refractivity contribution in [1.82, 2.24) is 10.6 Å². The molecule has 11 heteroatoms. The van der Waals surface area contributed by atoms with Gasteiger partial charge >= 0.3 is 5.97 Å². The van der Waals surface area contributed by atoms with Crippen LogP contribution in [0.3, 0.4) is 0 Å². The van der Waals surface area contributed by atoms with Gasteiger partial charge in [-0.15, -0.1) is 0 Å². The molecule has 0 aromatic heterocycles. The molecule has 0 heterocycles. The number of nitrogens with one attached hydrogen (secondary N) is 3. The predicted molar refractivity (Wildman–Crippen MR) is 165 cm³/mol. The molecular formula is C33H37N3O8. The van der Waals surface area contributed by atoms with Gasteiger partial charge in [0, 0.05) is 25.5 Å². The van der Waals surface area contributed by atoms with Gasteiger partial charge < -0.3 is 35.3 Å². The standard InChI is InChI=1S/C33H37N3O8/c1-19(37)35-24-14-12-21-17-27(42-2)31(43-3)32(44-4)29(21)22-13-15-25(26(38)18-23(22)24)34-16-8-11-28(39)36-30(33(40)41)20-9-6-5-7-10-20/h5-7,9-10,13,15,17-18,24,30H,8,11-12,14,16H2,1-4H3,(H,34,38)(H,35,37)(H,36,39)(H,40,41). The van der Waals surface area contributed by atoms with Gasteiger partial charge in [-0.1, -0.05) is 36.4 Å². The first-order valence-electron chi connectivity index (χ1n) is 14.3. The summed E-state index contributed by atoms with van der Waals surface area (Å²) in [5, 5.41) is 18.2. The Labute approximate surface area is 255 Å². The van der Waals surface area contributed by atoms with E-state index >= 15 is 0 Å². The van der Waals surface area contributed by atoms with Crippen molar-refractivity contribution in [1.29, 1.82) is 0 Å². The zero-order valence-electron chi connectivity index (χ0n) is 25.2. The van der Waals surface area contributed by atoms with E-state index in [0.29, 0.717) is 65.4 Å². The van der Waals surface area contributed by atoms with Crippen molar-refractivity contribution >= 4 is 23.5 Å². The molecule has 0 bridgehead atoms. The number of benzene rings is 2. The highest BCUT2D eigenvalue weighted by molar-refractivity contribution is 5.85. The van der Waals surface area contributed by atoms with E-state index in [9.17, 15) is 24.3 Å². The summed E-state index contributed by atoms with van der Waals surface area (Å²) in [5.41, 5.74) is 3.52. The summed E-state index contributed by atoms with van der Waals surface area (Å²) < 4.78 is 17.0. The Bertz CT molecular complexity index is 1590. The number of ether oxygens (including phenoxy) is 3. The summed E-state index contributed by atoms with van der Waals surface area (Å²) in [4.78, 5) is 49.8. The van der Waals surface area contributed by atoms with E-state index in [1.807, 2.05) is 12.1 Å². The molecule has 11 nitrogen and oxygen atoms in total. The second-order valence-electron chi connectivity index (χ2n) is 10.4. The maximum Gasteiger partial charge on any atom is 0.330 e. The van der Waals surface area contributed by atoms with E-state index in [-0.39, 0.29) is 17.8 Å². The maximum absolute atomic E-state index is 13.4. The molecule has 0 saturated heterocycles. The molecule has 0 fully saturated rings. The predicted octanol–water partition coefficient (Wildman–Crippen LogP) is 4.00. The van der Waals surface area contributed by atoms with E-state index in [0.717, 1.165) is 11.1 Å². The van der Waals surface area contributed by atoms with Crippen molar-refractivity contribution in [2.24, 2.45) is 0 Å². The van der Waals surface area contributed by atoms with Crippen LogP contribution in [0.25, 0.3) is 11.1 Å². The quantitative estimate of drug-likeness (QED) is 0.225. The van der Waals surface area contributed by atoms with Gasteiger partial charge in [-0.25, -0.2) is 4.79 Å². The molecular weight excluding hydrogens is 566 g/mol. The molecule has 0 saturated carbocycles. The molecule has 0 radical (unpaired) electrons. The van der Waals surface area contributed by atoms with E-state index in [1.54, 1.807) is 43.5 Å². The van der Waals surface area contributed by atoms with Crippen molar-refractivity contribution in [3.05, 3.63) is 81.5 Å². The van der Waals surface area contributed by atoms with Crippen molar-refractivity contribution in [2.75, 3.05) is 33.2 Å². The minimum absolute atomic E-state index is 0.0596. The number of carbonyl (C=O) groups excluding carboxylic acids is 2. The fourth-order valence-electron chi connectivity index (χ4n) is 5.49. The first-order valence-corrected chi connectivity index (χ1v) is 14.3. The lowest BCUT2D eigenvalue weighted by Gasteiger charge is -2.19. The topological polar surface area (TPSA) is 152 Å². The van der Waals surface area contributed by atoms with Gasteiger partial charge in [-0.3, -0.25) is 14.4 Å². The molecule has 4 N–H and O–H groups in total. The average molecular weight is 604 g/mol. The number of carbonyl (C=O) groups is 3. The minimum Gasteiger partial charge on any atom is -0.493 e. The number of hydrogen-bond acceptors (Lipinski definition) is 8. The maximum atomic E-state index is 13.4. The number of amides is 2. The van der Waals surface area contributed by atoms with Crippen molar-refractivity contribution < 1.29 is 33.7 Å². The van der Waals surface area contributed by atoms with Gasteiger partial charge in [0.05, 0.1) is 33.1 Å². The Morgan fingerprint density at radius 2 is 1.70 bits per heavy atom. The first-order chi connectivity index (χ1) is 21.2. The Kier molecular flexibility index (Phi) is 10.4. The first kappa shape index (κ1) is 31.9. The van der Waals surface area contributed by atoms with Crippen LogP contribution in [-0.4, -0.2) is 50.8 Å². The molecule has 3 aromatic rings. The fraction of sp³-hybridized carbons (Fsp3) is 0.333. The Hall–Kier alpha value is -5.06. The summed E-state index contributed by atoms with van der Waals surface area (Å²) in [6, 6.07) is 13.8. The van der Waals surface area contributed by atoms with Crippen LogP contribution in [0.4, 0.5) is 5.69 Å². The molecule has 3 aromatic carbocycles. The van der Waals surface area contributed by atoms with Crippen LogP contribution in [0.15, 0.2) is 59.4 Å². The van der Waals surface area contributed by atoms with Crippen LogP contribution in [0.5, 0.6) is 17.2 Å². The number of aliphatic carboxylic acids is 1. The third-order valence-corrected chi connectivity index (χ3v) is 7.50. The molecule has 2 unspecified atom stereocenters. The lowest BCUT2D eigenvalue weighted by atomic mass is 9.95. The smallest absolute Gasteiger partial charge is 0.330 e. The molecule has 2 atom stereocenters. The third-order valence-electron chi connectivity index (χ3n) is 7.50. The van der Waals surface area contributed by atoms with Crippen LogP contribution < -0.4 is 35.6 Å². The van der Waals surface area contributed by atoms with Crippen LogP contribution in [-0.2, 0) is 20.8 Å². The molecule has 0 spiro atoms. The van der Waals surface area contributed by atoms with Gasteiger partial charge in [0.2, 0.25) is 23.0 Å². The molecule has 1 aliphatic carbocycles. The van der Waals surface area contributed by atoms with Crippen LogP contribution >= 0.6 is 0 Å². The summed E-state index contributed by atoms with van der Waals surface area (Å²) in [6.07, 6.45) is 1.54. The fourth-order valence-corrected chi connectivity index (χ4v) is 5.49. The van der Waals surface area contributed by atoms with Gasteiger partial charge in [0.1, 0.15) is 0 Å². The zero-order valence-corrected chi connectivity index (χ0v) is 25.2. The lowest BCUT2D eigenvalue weighted by molar-refractivity contribution is -0.142. The van der Waals surface area contributed by atoms with E-state index in [4.69, 9.17) is 14.2 Å². The van der Waals surface area contributed by atoms with Gasteiger partial charge in [0.25, 0.3) is 0 Å². The summed E-state index contributed by atoms with van der Waals surface area (Å²) in [5.74, 6) is -0.398. The SMILES string of the molecule is COc1cc2c(c(OC)c1OC)-c1ccc(NCCCC(=O)NC(C(=O)O)c3ccccc3)c(=O)cc1C(NC(C)=O)CC2. The second kappa shape index (κ2) is 14.4. The summed E-state index contributed by atoms with van der Waals surface area (Å²) in [6.45, 7) is 1.73. The highest BCUT2D eigenvalue weighted by atomic mass is 16.5. The van der Waals surface area contributed by atoms with Crippen LogP contribution in [0.2, 0.25) is 0 Å². The summed E-state index contributed by atoms with van der Waals surface area (Å²) >= 11 is 0. The normalized spacial score (nSPS) is 14.1. The van der Waals surface area contributed by atoms with Crippen LogP contribution in [0.1, 0.15) is 55.0 Å². The lowest BCUT2D eigenvalue weighted by Crippen LogP contribution is -2.33. The van der Waals surface area contributed by atoms with Gasteiger partial charge in [0.15, 0.2) is 17.5 Å². The highest BCUT2D eigenvalue weighted by Crippen LogP contribution is 2.50. The number of aryl methyl sites for hydroxylation is 1. The molecule has 232 valence electrons. The number of fused-ring (bicyclic) bond motifs is 3. The van der Waals surface area contributed by atoms with E-state index in [2.05, 4.69) is 16.0 Å². The number of carboxylic acids is 1.